The summed E-state index contributed by atoms with van der Waals surface area (Å²) in [5.41, 5.74) is 0. The molecule has 0 amide bonds. The molecule has 4 heteroatoms. The van der Waals surface area contributed by atoms with E-state index >= 15 is 0 Å². The topological polar surface area (TPSA) is 12.0 Å². The van der Waals surface area contributed by atoms with Crippen molar-refractivity contribution in [3.8, 4) is 0 Å². The van der Waals surface area contributed by atoms with E-state index in [1.807, 2.05) is 18.2 Å². The number of benzene rings is 1. The van der Waals surface area contributed by atoms with Crippen molar-refractivity contribution < 1.29 is 0 Å². The molecule has 0 unspecified atom stereocenters. The maximum atomic E-state index is 5.93. The van der Waals surface area contributed by atoms with Crippen LogP contribution < -0.4 is 5.32 Å². The second-order valence-electron chi connectivity index (χ2n) is 3.53. The van der Waals surface area contributed by atoms with Gasteiger partial charge in [0.05, 0.1) is 10.0 Å². The summed E-state index contributed by atoms with van der Waals surface area (Å²) in [7, 11) is 0. The molecule has 0 saturated heterocycles. The van der Waals surface area contributed by atoms with Crippen LogP contribution in [-0.4, -0.2) is 18.8 Å². The van der Waals surface area contributed by atoms with Crippen molar-refractivity contribution in [2.45, 2.75) is 24.7 Å². The van der Waals surface area contributed by atoms with Gasteiger partial charge in [-0.05, 0) is 31.2 Å². The van der Waals surface area contributed by atoms with Crippen molar-refractivity contribution in [1.82, 2.24) is 5.32 Å². The molecular weight excluding hydrogens is 261 g/mol. The fourth-order valence-corrected chi connectivity index (χ4v) is 2.44. The van der Waals surface area contributed by atoms with Crippen molar-refractivity contribution in [3.05, 3.63) is 28.2 Å². The van der Waals surface area contributed by atoms with Crippen molar-refractivity contribution in [2.24, 2.45) is 0 Å². The third kappa shape index (κ3) is 5.44. The number of thioether (sulfide) groups is 1. The molecule has 0 atom stereocenters. The SMILES string of the molecule is CCCCNCCSc1ccc(Cl)c(Cl)c1. The van der Waals surface area contributed by atoms with E-state index < -0.39 is 0 Å². The highest BCUT2D eigenvalue weighted by Gasteiger charge is 1.99. The second-order valence-corrected chi connectivity index (χ2v) is 5.51. The first-order valence-electron chi connectivity index (χ1n) is 5.52. The Hall–Kier alpha value is 0.110. The van der Waals surface area contributed by atoms with Crippen LogP contribution in [-0.2, 0) is 0 Å². The van der Waals surface area contributed by atoms with Crippen molar-refractivity contribution >= 4 is 35.0 Å². The highest BCUT2D eigenvalue weighted by atomic mass is 35.5. The molecule has 1 rings (SSSR count). The molecule has 0 heterocycles. The second kappa shape index (κ2) is 8.24. The Kier molecular flexibility index (Phi) is 7.30. The van der Waals surface area contributed by atoms with Crippen LogP contribution in [0.5, 0.6) is 0 Å². The molecule has 90 valence electrons. The largest absolute Gasteiger partial charge is 0.316 e. The van der Waals surface area contributed by atoms with Crippen LogP contribution >= 0.6 is 35.0 Å². The molecule has 1 aromatic rings. The molecule has 1 aromatic carbocycles. The Morgan fingerprint density at radius 1 is 1.19 bits per heavy atom. The lowest BCUT2D eigenvalue weighted by Gasteiger charge is -2.04. The maximum Gasteiger partial charge on any atom is 0.0603 e. The van der Waals surface area contributed by atoms with E-state index in [0.717, 1.165) is 18.8 Å². The lowest BCUT2D eigenvalue weighted by molar-refractivity contribution is 0.666. The lowest BCUT2D eigenvalue weighted by atomic mass is 10.3. The van der Waals surface area contributed by atoms with Crippen LogP contribution in [0.4, 0.5) is 0 Å². The Labute approximate surface area is 112 Å². The summed E-state index contributed by atoms with van der Waals surface area (Å²) in [6.07, 6.45) is 2.49. The minimum Gasteiger partial charge on any atom is -0.316 e. The zero-order chi connectivity index (χ0) is 11.8. The van der Waals surface area contributed by atoms with Gasteiger partial charge in [0.15, 0.2) is 0 Å². The molecule has 0 aliphatic heterocycles. The van der Waals surface area contributed by atoms with E-state index in [4.69, 9.17) is 23.2 Å². The summed E-state index contributed by atoms with van der Waals surface area (Å²) in [6.45, 7) is 4.34. The Bertz CT molecular complexity index is 318. The smallest absolute Gasteiger partial charge is 0.0603 e. The number of rotatable bonds is 7. The first kappa shape index (κ1) is 14.2. The Morgan fingerprint density at radius 2 is 2.00 bits per heavy atom. The van der Waals surface area contributed by atoms with Gasteiger partial charge in [-0.2, -0.15) is 0 Å². The van der Waals surface area contributed by atoms with Crippen molar-refractivity contribution in [3.63, 3.8) is 0 Å². The highest BCUT2D eigenvalue weighted by molar-refractivity contribution is 7.99. The lowest BCUT2D eigenvalue weighted by Crippen LogP contribution is -2.18. The Balaban J connectivity index is 2.19. The van der Waals surface area contributed by atoms with E-state index in [1.165, 1.54) is 17.7 Å². The maximum absolute atomic E-state index is 5.93. The van der Waals surface area contributed by atoms with Gasteiger partial charge in [-0.15, -0.1) is 11.8 Å². The normalized spacial score (nSPS) is 10.7. The average molecular weight is 278 g/mol. The van der Waals surface area contributed by atoms with E-state index in [1.54, 1.807) is 11.8 Å². The molecule has 0 bridgehead atoms. The van der Waals surface area contributed by atoms with Crippen LogP contribution in [0.1, 0.15) is 19.8 Å². The predicted octanol–water partition coefficient (Wildman–Crippen LogP) is 4.48. The van der Waals surface area contributed by atoms with Gasteiger partial charge in [0.2, 0.25) is 0 Å². The Morgan fingerprint density at radius 3 is 2.69 bits per heavy atom. The third-order valence-corrected chi connectivity index (χ3v) is 3.88. The van der Waals surface area contributed by atoms with Gasteiger partial charge in [-0.1, -0.05) is 36.5 Å². The first-order valence-corrected chi connectivity index (χ1v) is 7.26. The zero-order valence-electron chi connectivity index (χ0n) is 9.43. The summed E-state index contributed by atoms with van der Waals surface area (Å²) in [4.78, 5) is 1.17. The summed E-state index contributed by atoms with van der Waals surface area (Å²) in [5.74, 6) is 1.06. The fourth-order valence-electron chi connectivity index (χ4n) is 1.23. The monoisotopic (exact) mass is 277 g/mol. The molecule has 0 aliphatic rings. The average Bonchev–Trinajstić information content (AvgIpc) is 2.28. The summed E-state index contributed by atoms with van der Waals surface area (Å²) in [6, 6.07) is 5.77. The summed E-state index contributed by atoms with van der Waals surface area (Å²) < 4.78 is 0. The number of unbranched alkanes of at least 4 members (excludes halogenated alkanes) is 1. The van der Waals surface area contributed by atoms with Gasteiger partial charge in [-0.25, -0.2) is 0 Å². The minimum atomic E-state index is 0.618. The number of hydrogen-bond donors (Lipinski definition) is 1. The third-order valence-electron chi connectivity index (χ3n) is 2.15. The molecule has 1 nitrogen and oxygen atoms in total. The zero-order valence-corrected chi connectivity index (χ0v) is 11.8. The molecular formula is C12H17Cl2NS. The number of nitrogens with one attached hydrogen (secondary N) is 1. The molecule has 0 saturated carbocycles. The van der Waals surface area contributed by atoms with E-state index in [2.05, 4.69) is 12.2 Å². The van der Waals surface area contributed by atoms with Gasteiger partial charge >= 0.3 is 0 Å². The molecule has 1 N–H and O–H groups in total. The molecule has 0 aliphatic carbocycles. The first-order chi connectivity index (χ1) is 7.74. The molecule has 0 radical (unpaired) electrons. The van der Waals surface area contributed by atoms with Crippen LogP contribution in [0, 0.1) is 0 Å². The van der Waals surface area contributed by atoms with Crippen LogP contribution in [0.2, 0.25) is 10.0 Å². The summed E-state index contributed by atoms with van der Waals surface area (Å²) >= 11 is 13.6. The molecule has 0 spiro atoms. The van der Waals surface area contributed by atoms with E-state index in [9.17, 15) is 0 Å². The predicted molar refractivity (Wildman–Crippen MR) is 75.0 cm³/mol. The van der Waals surface area contributed by atoms with Crippen LogP contribution in [0.25, 0.3) is 0 Å². The standard InChI is InChI=1S/C12H17Cl2NS/c1-2-3-6-15-7-8-16-10-4-5-11(13)12(14)9-10/h4-5,9,15H,2-3,6-8H2,1H3. The van der Waals surface area contributed by atoms with Crippen LogP contribution in [0.15, 0.2) is 23.1 Å². The quantitative estimate of drug-likeness (QED) is 0.583. The fraction of sp³-hybridized carbons (Fsp3) is 0.500. The van der Waals surface area contributed by atoms with E-state index in [0.29, 0.717) is 10.0 Å². The van der Waals surface area contributed by atoms with E-state index in [-0.39, 0.29) is 0 Å². The van der Waals surface area contributed by atoms with Crippen LogP contribution in [0.3, 0.4) is 0 Å². The molecule has 0 aromatic heterocycles. The minimum absolute atomic E-state index is 0.618. The van der Waals surface area contributed by atoms with Gasteiger partial charge < -0.3 is 5.32 Å². The molecule has 16 heavy (non-hydrogen) atoms. The van der Waals surface area contributed by atoms with Gasteiger partial charge in [-0.3, -0.25) is 0 Å². The van der Waals surface area contributed by atoms with Crippen molar-refractivity contribution in [1.29, 1.82) is 0 Å². The molecule has 0 fully saturated rings. The summed E-state index contributed by atoms with van der Waals surface area (Å²) in [5, 5.41) is 4.65. The number of hydrogen-bond acceptors (Lipinski definition) is 2. The number of halogens is 2. The van der Waals surface area contributed by atoms with Gasteiger partial charge in [0.25, 0.3) is 0 Å². The highest BCUT2D eigenvalue weighted by Crippen LogP contribution is 2.27. The van der Waals surface area contributed by atoms with Gasteiger partial charge in [0, 0.05) is 17.2 Å². The van der Waals surface area contributed by atoms with Gasteiger partial charge in [0.1, 0.15) is 0 Å². The van der Waals surface area contributed by atoms with Crippen molar-refractivity contribution in [2.75, 3.05) is 18.8 Å².